The number of imidazole rings is 1. The lowest BCUT2D eigenvalue weighted by molar-refractivity contribution is 0.564. The molecule has 2 aromatic rings. The lowest BCUT2D eigenvalue weighted by atomic mass is 10.0. The molecule has 1 N–H and O–H groups in total. The van der Waals surface area contributed by atoms with E-state index in [1.807, 2.05) is 43.1 Å². The smallest absolute Gasteiger partial charge is 0.110 e. The molecule has 1 heterocycles. The lowest BCUT2D eigenvalue weighted by Crippen LogP contribution is -2.21. The molecular weight excluding hydrogens is 269 g/mol. The van der Waals surface area contributed by atoms with Crippen molar-refractivity contribution in [1.82, 2.24) is 14.9 Å². The van der Waals surface area contributed by atoms with Gasteiger partial charge in [0.1, 0.15) is 5.82 Å². The highest BCUT2D eigenvalue weighted by atomic mass is 35.5. The van der Waals surface area contributed by atoms with Gasteiger partial charge in [0, 0.05) is 47.5 Å². The number of likely N-dealkylation sites (N-methyl/N-ethyl adjacent to an activating group) is 1. The van der Waals surface area contributed by atoms with Gasteiger partial charge in [-0.15, -0.1) is 0 Å². The first-order chi connectivity index (χ1) is 8.63. The Balaban J connectivity index is 2.32. The van der Waals surface area contributed by atoms with E-state index in [1.54, 1.807) is 6.20 Å². The Hall–Kier alpha value is -1.03. The summed E-state index contributed by atoms with van der Waals surface area (Å²) in [5, 5.41) is 4.60. The molecule has 5 heteroatoms. The van der Waals surface area contributed by atoms with Crippen LogP contribution < -0.4 is 5.32 Å². The third kappa shape index (κ3) is 2.69. The number of aromatic nitrogens is 2. The van der Waals surface area contributed by atoms with E-state index in [9.17, 15) is 0 Å². The molecule has 2 rings (SSSR count). The van der Waals surface area contributed by atoms with Crippen molar-refractivity contribution in [3.8, 4) is 0 Å². The Morgan fingerprint density at radius 2 is 2.00 bits per heavy atom. The Morgan fingerprint density at radius 3 is 2.50 bits per heavy atom. The van der Waals surface area contributed by atoms with Gasteiger partial charge in [-0.1, -0.05) is 29.3 Å². The fourth-order valence-corrected chi connectivity index (χ4v) is 2.63. The molecule has 0 fully saturated rings. The molecule has 1 aromatic carbocycles. The van der Waals surface area contributed by atoms with Gasteiger partial charge in [-0.2, -0.15) is 0 Å². The van der Waals surface area contributed by atoms with Gasteiger partial charge in [-0.05, 0) is 19.2 Å². The van der Waals surface area contributed by atoms with Crippen molar-refractivity contribution in [2.75, 3.05) is 7.05 Å². The molecule has 0 radical (unpaired) electrons. The Bertz CT molecular complexity index is 517. The molecule has 0 aliphatic carbocycles. The molecule has 1 unspecified atom stereocenters. The van der Waals surface area contributed by atoms with Gasteiger partial charge in [0.25, 0.3) is 0 Å². The van der Waals surface area contributed by atoms with Gasteiger partial charge >= 0.3 is 0 Å². The van der Waals surface area contributed by atoms with Crippen LogP contribution in [0.1, 0.15) is 17.4 Å². The Kier molecular flexibility index (Phi) is 4.27. The van der Waals surface area contributed by atoms with Crippen LogP contribution >= 0.6 is 23.2 Å². The third-order valence-electron chi connectivity index (χ3n) is 3.00. The van der Waals surface area contributed by atoms with E-state index >= 15 is 0 Å². The number of halogens is 2. The summed E-state index contributed by atoms with van der Waals surface area (Å²) in [5.41, 5.74) is 0.923. The first-order valence-corrected chi connectivity index (χ1v) is 6.46. The quantitative estimate of drug-likeness (QED) is 0.934. The predicted molar refractivity (Wildman–Crippen MR) is 75.2 cm³/mol. The minimum Gasteiger partial charge on any atom is -0.338 e. The van der Waals surface area contributed by atoms with Gasteiger partial charge in [0.05, 0.1) is 0 Å². The number of nitrogens with one attached hydrogen (secondary N) is 1. The van der Waals surface area contributed by atoms with Gasteiger partial charge in [-0.25, -0.2) is 4.98 Å². The van der Waals surface area contributed by atoms with Gasteiger partial charge < -0.3 is 9.88 Å². The summed E-state index contributed by atoms with van der Waals surface area (Å²) in [6.07, 6.45) is 4.45. The number of hydrogen-bond acceptors (Lipinski definition) is 2. The molecule has 0 saturated heterocycles. The molecular formula is C13H15Cl2N3. The molecule has 1 aromatic heterocycles. The van der Waals surface area contributed by atoms with Crippen molar-refractivity contribution in [1.29, 1.82) is 0 Å². The Labute approximate surface area is 117 Å². The molecule has 3 nitrogen and oxygen atoms in total. The van der Waals surface area contributed by atoms with Crippen LogP contribution in [0.5, 0.6) is 0 Å². The van der Waals surface area contributed by atoms with Crippen LogP contribution in [0, 0.1) is 0 Å². The molecule has 96 valence electrons. The highest BCUT2D eigenvalue weighted by Crippen LogP contribution is 2.31. The van der Waals surface area contributed by atoms with E-state index in [0.717, 1.165) is 17.8 Å². The molecule has 0 saturated carbocycles. The van der Waals surface area contributed by atoms with E-state index in [-0.39, 0.29) is 6.04 Å². The summed E-state index contributed by atoms with van der Waals surface area (Å²) in [5.74, 6) is 0.991. The fraction of sp³-hybridized carbons (Fsp3) is 0.308. The van der Waals surface area contributed by atoms with Crippen molar-refractivity contribution < 1.29 is 0 Å². The molecule has 0 aliphatic rings. The maximum Gasteiger partial charge on any atom is 0.110 e. The van der Waals surface area contributed by atoms with Crippen molar-refractivity contribution in [3.63, 3.8) is 0 Å². The van der Waals surface area contributed by atoms with Crippen LogP contribution in [-0.4, -0.2) is 16.6 Å². The lowest BCUT2D eigenvalue weighted by Gasteiger charge is -2.19. The van der Waals surface area contributed by atoms with Crippen LogP contribution in [0.2, 0.25) is 10.0 Å². The van der Waals surface area contributed by atoms with Crippen LogP contribution in [0.4, 0.5) is 0 Å². The largest absolute Gasteiger partial charge is 0.338 e. The van der Waals surface area contributed by atoms with E-state index in [0.29, 0.717) is 10.0 Å². The minimum atomic E-state index is 0.0484. The summed E-state index contributed by atoms with van der Waals surface area (Å²) >= 11 is 12.5. The second kappa shape index (κ2) is 5.74. The molecule has 0 bridgehead atoms. The zero-order chi connectivity index (χ0) is 13.1. The first-order valence-electron chi connectivity index (χ1n) is 5.71. The summed E-state index contributed by atoms with van der Waals surface area (Å²) < 4.78 is 2.00. The van der Waals surface area contributed by atoms with Crippen LogP contribution in [0.3, 0.4) is 0 Å². The number of rotatable bonds is 4. The highest BCUT2D eigenvalue weighted by molar-refractivity contribution is 6.36. The SMILES string of the molecule is CNC(Cc1nccn1C)c1c(Cl)cccc1Cl. The van der Waals surface area contributed by atoms with Crippen molar-refractivity contribution >= 4 is 23.2 Å². The summed E-state index contributed by atoms with van der Waals surface area (Å²) in [6.45, 7) is 0. The second-order valence-electron chi connectivity index (χ2n) is 4.14. The van der Waals surface area contributed by atoms with Crippen molar-refractivity contribution in [3.05, 3.63) is 52.0 Å². The summed E-state index contributed by atoms with van der Waals surface area (Å²) in [6, 6.07) is 5.60. The van der Waals surface area contributed by atoms with Crippen molar-refractivity contribution in [2.45, 2.75) is 12.5 Å². The molecule has 18 heavy (non-hydrogen) atoms. The second-order valence-corrected chi connectivity index (χ2v) is 4.95. The maximum atomic E-state index is 6.23. The van der Waals surface area contributed by atoms with Gasteiger partial charge in [0.15, 0.2) is 0 Å². The molecule has 0 aliphatic heterocycles. The summed E-state index contributed by atoms with van der Waals surface area (Å²) in [4.78, 5) is 4.33. The van der Waals surface area contributed by atoms with Crippen LogP contribution in [0.25, 0.3) is 0 Å². The zero-order valence-electron chi connectivity index (χ0n) is 10.3. The monoisotopic (exact) mass is 283 g/mol. The van der Waals surface area contributed by atoms with Crippen molar-refractivity contribution in [2.24, 2.45) is 7.05 Å². The van der Waals surface area contributed by atoms with E-state index < -0.39 is 0 Å². The van der Waals surface area contributed by atoms with Crippen LogP contribution in [-0.2, 0) is 13.5 Å². The van der Waals surface area contributed by atoms with E-state index in [1.165, 1.54) is 0 Å². The average molecular weight is 284 g/mol. The summed E-state index contributed by atoms with van der Waals surface area (Å²) in [7, 11) is 3.87. The number of benzene rings is 1. The number of hydrogen-bond donors (Lipinski definition) is 1. The topological polar surface area (TPSA) is 29.9 Å². The fourth-order valence-electron chi connectivity index (χ4n) is 1.97. The molecule has 0 amide bonds. The minimum absolute atomic E-state index is 0.0484. The van der Waals surface area contributed by atoms with Crippen LogP contribution in [0.15, 0.2) is 30.6 Å². The number of aryl methyl sites for hydroxylation is 1. The Morgan fingerprint density at radius 1 is 1.33 bits per heavy atom. The zero-order valence-corrected chi connectivity index (χ0v) is 11.8. The highest BCUT2D eigenvalue weighted by Gasteiger charge is 2.18. The average Bonchev–Trinajstić information content (AvgIpc) is 2.73. The van der Waals surface area contributed by atoms with Gasteiger partial charge in [-0.3, -0.25) is 0 Å². The standard InChI is InChI=1S/C13H15Cl2N3/c1-16-11(8-12-17-6-7-18(12)2)13-9(14)4-3-5-10(13)15/h3-7,11,16H,8H2,1-2H3. The maximum absolute atomic E-state index is 6.23. The van der Waals surface area contributed by atoms with E-state index in [2.05, 4.69) is 10.3 Å². The van der Waals surface area contributed by atoms with E-state index in [4.69, 9.17) is 23.2 Å². The third-order valence-corrected chi connectivity index (χ3v) is 3.66. The molecule has 1 atom stereocenters. The normalized spacial score (nSPS) is 12.7. The number of nitrogens with zero attached hydrogens (tertiary/aromatic N) is 2. The predicted octanol–water partition coefficient (Wildman–Crippen LogP) is 3.23. The first kappa shape index (κ1) is 13.4. The molecule has 0 spiro atoms. The van der Waals surface area contributed by atoms with Gasteiger partial charge in [0.2, 0.25) is 0 Å².